The van der Waals surface area contributed by atoms with Crippen LogP contribution in [0.1, 0.15) is 45.2 Å². The number of ether oxygens (including phenoxy) is 2. The molecule has 0 fully saturated rings. The first-order chi connectivity index (χ1) is 16.3. The Labute approximate surface area is 200 Å². The van der Waals surface area contributed by atoms with Crippen LogP contribution in [0.15, 0.2) is 48.7 Å². The number of anilines is 1. The monoisotopic (exact) mass is 470 g/mol. The highest BCUT2D eigenvalue weighted by molar-refractivity contribution is 5.94. The Bertz CT molecular complexity index is 919. The maximum absolute atomic E-state index is 13.3. The van der Waals surface area contributed by atoms with Crippen molar-refractivity contribution >= 4 is 23.5 Å². The van der Waals surface area contributed by atoms with E-state index >= 15 is 0 Å². The largest absolute Gasteiger partial charge is 0.494 e. The molecule has 1 aromatic heterocycles. The zero-order valence-corrected chi connectivity index (χ0v) is 20.2. The highest BCUT2D eigenvalue weighted by Gasteiger charge is 2.31. The molecule has 2 rings (SSSR count). The normalized spacial score (nSPS) is 11.6. The third kappa shape index (κ3) is 8.47. The van der Waals surface area contributed by atoms with Crippen molar-refractivity contribution in [2.24, 2.45) is 0 Å². The average Bonchev–Trinajstić information content (AvgIpc) is 2.81. The van der Waals surface area contributed by atoms with Gasteiger partial charge in [0.15, 0.2) is 0 Å². The fourth-order valence-corrected chi connectivity index (χ4v) is 3.34. The second kappa shape index (κ2) is 13.9. The van der Waals surface area contributed by atoms with Crippen LogP contribution in [-0.4, -0.2) is 60.5 Å². The zero-order chi connectivity index (χ0) is 24.9. The van der Waals surface area contributed by atoms with Gasteiger partial charge in [0.05, 0.1) is 13.2 Å². The van der Waals surface area contributed by atoms with Gasteiger partial charge in [-0.3, -0.25) is 14.4 Å². The minimum Gasteiger partial charge on any atom is -0.494 e. The molecule has 1 aromatic carbocycles. The maximum atomic E-state index is 13.3. The molecule has 2 N–H and O–H groups in total. The smallest absolute Gasteiger partial charge is 0.247 e. The van der Waals surface area contributed by atoms with Crippen LogP contribution in [0.25, 0.3) is 0 Å². The zero-order valence-electron chi connectivity index (χ0n) is 20.2. The molecule has 0 radical (unpaired) electrons. The number of amides is 3. The number of nitrogens with one attached hydrogen (secondary N) is 2. The molecule has 1 atom stereocenters. The lowest BCUT2D eigenvalue weighted by Gasteiger charge is -2.32. The van der Waals surface area contributed by atoms with Crippen molar-refractivity contribution in [3.63, 3.8) is 0 Å². The summed E-state index contributed by atoms with van der Waals surface area (Å²) in [6, 6.07) is 11.3. The van der Waals surface area contributed by atoms with E-state index in [0.29, 0.717) is 23.7 Å². The number of hydrogen-bond donors (Lipinski definition) is 2. The molecule has 1 heterocycles. The summed E-state index contributed by atoms with van der Waals surface area (Å²) in [6.07, 6.45) is 1.47. The van der Waals surface area contributed by atoms with Crippen LogP contribution in [-0.2, 0) is 19.1 Å². The number of nitrogens with zero attached hydrogens (tertiary/aromatic N) is 2. The fraction of sp³-hybridized carbons (Fsp3) is 0.440. The standard InChI is InChI=1S/C25H34N4O5/c1-5-34-20-11-9-19(10-12-20)24(25(32)27-18(2)3)29(16-17-33-4)23(31)14-13-22(30)28-21-8-6-7-15-26-21/h6-12,15,18,24H,5,13-14,16-17H2,1-4H3,(H,27,32)(H,26,28,30)/t24-/m1/s1. The van der Waals surface area contributed by atoms with Crippen LogP contribution >= 0.6 is 0 Å². The summed E-state index contributed by atoms with van der Waals surface area (Å²) < 4.78 is 10.7. The van der Waals surface area contributed by atoms with Gasteiger partial charge in [-0.2, -0.15) is 0 Å². The van der Waals surface area contributed by atoms with Gasteiger partial charge in [0, 0.05) is 38.7 Å². The van der Waals surface area contributed by atoms with Gasteiger partial charge in [0.2, 0.25) is 17.7 Å². The third-order valence-electron chi connectivity index (χ3n) is 4.85. The molecular weight excluding hydrogens is 436 g/mol. The van der Waals surface area contributed by atoms with Crippen molar-refractivity contribution in [1.82, 2.24) is 15.2 Å². The Morgan fingerprint density at radius 3 is 2.38 bits per heavy atom. The molecule has 9 heteroatoms. The van der Waals surface area contributed by atoms with Crippen LogP contribution in [0.3, 0.4) is 0 Å². The Balaban J connectivity index is 2.22. The fourth-order valence-electron chi connectivity index (χ4n) is 3.34. The summed E-state index contributed by atoms with van der Waals surface area (Å²) in [5.41, 5.74) is 0.643. The molecule has 0 aliphatic carbocycles. The first kappa shape index (κ1) is 26.8. The van der Waals surface area contributed by atoms with Gasteiger partial charge < -0.3 is 25.0 Å². The first-order valence-corrected chi connectivity index (χ1v) is 11.4. The number of rotatable bonds is 13. The quantitative estimate of drug-likeness (QED) is 0.466. The topological polar surface area (TPSA) is 110 Å². The number of aromatic nitrogens is 1. The summed E-state index contributed by atoms with van der Waals surface area (Å²) in [6.45, 7) is 6.57. The van der Waals surface area contributed by atoms with E-state index in [0.717, 1.165) is 0 Å². The van der Waals surface area contributed by atoms with E-state index in [-0.39, 0.29) is 49.8 Å². The molecule has 0 aliphatic heterocycles. The van der Waals surface area contributed by atoms with E-state index in [1.54, 1.807) is 48.7 Å². The van der Waals surface area contributed by atoms with Crippen molar-refractivity contribution in [1.29, 1.82) is 0 Å². The van der Waals surface area contributed by atoms with Crippen molar-refractivity contribution in [3.05, 3.63) is 54.2 Å². The van der Waals surface area contributed by atoms with E-state index in [2.05, 4.69) is 15.6 Å². The predicted molar refractivity (Wildman–Crippen MR) is 129 cm³/mol. The van der Waals surface area contributed by atoms with Gasteiger partial charge in [-0.15, -0.1) is 0 Å². The van der Waals surface area contributed by atoms with Crippen molar-refractivity contribution in [2.45, 2.75) is 45.7 Å². The second-order valence-electron chi connectivity index (χ2n) is 7.91. The predicted octanol–water partition coefficient (Wildman–Crippen LogP) is 2.94. The highest BCUT2D eigenvalue weighted by atomic mass is 16.5. The van der Waals surface area contributed by atoms with Gasteiger partial charge in [0.25, 0.3) is 0 Å². The minimum atomic E-state index is -0.875. The number of benzene rings is 1. The molecule has 184 valence electrons. The molecule has 34 heavy (non-hydrogen) atoms. The molecule has 0 saturated heterocycles. The van der Waals surface area contributed by atoms with Crippen LogP contribution in [0, 0.1) is 0 Å². The summed E-state index contributed by atoms with van der Waals surface area (Å²) in [5.74, 6) is 0.130. The summed E-state index contributed by atoms with van der Waals surface area (Å²) in [4.78, 5) is 44.3. The number of pyridine rings is 1. The number of hydrogen-bond acceptors (Lipinski definition) is 6. The number of carbonyl (C=O) groups is 3. The Morgan fingerprint density at radius 1 is 1.06 bits per heavy atom. The molecule has 2 aromatic rings. The molecular formula is C25H34N4O5. The lowest BCUT2D eigenvalue weighted by molar-refractivity contribution is -0.142. The molecule has 3 amide bonds. The SMILES string of the molecule is CCOc1ccc([C@H](C(=O)NC(C)C)N(CCOC)C(=O)CCC(=O)Nc2ccccn2)cc1. The minimum absolute atomic E-state index is 0.0410. The lowest BCUT2D eigenvalue weighted by Crippen LogP contribution is -2.46. The van der Waals surface area contributed by atoms with E-state index in [1.807, 2.05) is 20.8 Å². The Morgan fingerprint density at radius 2 is 1.79 bits per heavy atom. The van der Waals surface area contributed by atoms with Gasteiger partial charge in [-0.05, 0) is 50.6 Å². The van der Waals surface area contributed by atoms with E-state index in [1.165, 1.54) is 12.0 Å². The molecule has 9 nitrogen and oxygen atoms in total. The van der Waals surface area contributed by atoms with Gasteiger partial charge >= 0.3 is 0 Å². The van der Waals surface area contributed by atoms with Crippen molar-refractivity contribution < 1.29 is 23.9 Å². The van der Waals surface area contributed by atoms with Crippen LogP contribution in [0.5, 0.6) is 5.75 Å². The van der Waals surface area contributed by atoms with Crippen LogP contribution < -0.4 is 15.4 Å². The maximum Gasteiger partial charge on any atom is 0.247 e. The van der Waals surface area contributed by atoms with E-state index < -0.39 is 6.04 Å². The highest BCUT2D eigenvalue weighted by Crippen LogP contribution is 2.25. The summed E-state index contributed by atoms with van der Waals surface area (Å²) in [5, 5.41) is 5.57. The average molecular weight is 471 g/mol. The second-order valence-corrected chi connectivity index (χ2v) is 7.91. The number of methoxy groups -OCH3 is 1. The van der Waals surface area contributed by atoms with Crippen LogP contribution in [0.2, 0.25) is 0 Å². The number of carbonyl (C=O) groups excluding carboxylic acids is 3. The van der Waals surface area contributed by atoms with Crippen molar-refractivity contribution in [3.8, 4) is 5.75 Å². The first-order valence-electron chi connectivity index (χ1n) is 11.4. The lowest BCUT2D eigenvalue weighted by atomic mass is 10.0. The van der Waals surface area contributed by atoms with E-state index in [9.17, 15) is 14.4 Å². The summed E-state index contributed by atoms with van der Waals surface area (Å²) >= 11 is 0. The molecule has 0 saturated carbocycles. The molecule has 0 aliphatic rings. The van der Waals surface area contributed by atoms with Crippen molar-refractivity contribution in [2.75, 3.05) is 32.2 Å². The molecule has 0 bridgehead atoms. The van der Waals surface area contributed by atoms with E-state index in [4.69, 9.17) is 9.47 Å². The van der Waals surface area contributed by atoms with Gasteiger partial charge in [-0.1, -0.05) is 18.2 Å². The third-order valence-corrected chi connectivity index (χ3v) is 4.85. The van der Waals surface area contributed by atoms with Gasteiger partial charge in [-0.25, -0.2) is 4.98 Å². The molecule has 0 spiro atoms. The summed E-state index contributed by atoms with van der Waals surface area (Å²) in [7, 11) is 1.53. The Kier molecular flexibility index (Phi) is 11.0. The molecule has 0 unspecified atom stereocenters. The van der Waals surface area contributed by atoms with Gasteiger partial charge in [0.1, 0.15) is 17.6 Å². The van der Waals surface area contributed by atoms with Crippen LogP contribution in [0.4, 0.5) is 5.82 Å². The Hall–Kier alpha value is -3.46.